The molecule has 0 radical (unpaired) electrons. The molecule has 2 atom stereocenters. The second-order valence-corrected chi connectivity index (χ2v) is 6.57. The van der Waals surface area contributed by atoms with E-state index < -0.39 is 0 Å². The fraction of sp³-hybridized carbons (Fsp3) is 0.875. The van der Waals surface area contributed by atoms with Gasteiger partial charge in [-0.25, -0.2) is 0 Å². The third-order valence-electron chi connectivity index (χ3n) is 4.99. The molecular weight excluding hydrogens is 282 g/mol. The molecule has 2 fully saturated rings. The van der Waals surface area contributed by atoms with Gasteiger partial charge in [0.05, 0.1) is 19.6 Å². The minimum Gasteiger partial charge on any atom is -0.469 e. The van der Waals surface area contributed by atoms with Crippen LogP contribution in [0.1, 0.15) is 39.0 Å². The van der Waals surface area contributed by atoms with Gasteiger partial charge in [-0.05, 0) is 39.2 Å². The summed E-state index contributed by atoms with van der Waals surface area (Å²) in [5.41, 5.74) is 6.06. The summed E-state index contributed by atoms with van der Waals surface area (Å²) in [6.45, 7) is 4.73. The van der Waals surface area contributed by atoms with Crippen LogP contribution in [0.3, 0.4) is 0 Å². The molecule has 2 heterocycles. The van der Waals surface area contributed by atoms with Crippen molar-refractivity contribution in [3.63, 3.8) is 0 Å². The fourth-order valence-electron chi connectivity index (χ4n) is 3.61. The summed E-state index contributed by atoms with van der Waals surface area (Å²) in [5.74, 6) is -0.0446. The molecule has 0 bridgehead atoms. The van der Waals surface area contributed by atoms with Crippen LogP contribution in [0, 0.1) is 5.92 Å². The molecule has 0 saturated carbocycles. The molecule has 2 aliphatic rings. The van der Waals surface area contributed by atoms with Gasteiger partial charge in [0.15, 0.2) is 0 Å². The summed E-state index contributed by atoms with van der Waals surface area (Å²) in [6.07, 6.45) is 4.82. The Morgan fingerprint density at radius 3 is 2.45 bits per heavy atom. The lowest BCUT2D eigenvalue weighted by molar-refractivity contribution is -0.149. The van der Waals surface area contributed by atoms with Crippen molar-refractivity contribution in [3.05, 3.63) is 0 Å². The topological polar surface area (TPSA) is 75.9 Å². The van der Waals surface area contributed by atoms with E-state index in [4.69, 9.17) is 10.5 Å². The molecular formula is C16H29N3O3. The Bertz CT molecular complexity index is 392. The highest BCUT2D eigenvalue weighted by molar-refractivity contribution is 5.79. The van der Waals surface area contributed by atoms with E-state index in [1.165, 1.54) is 13.5 Å². The molecule has 0 aromatic heterocycles. The van der Waals surface area contributed by atoms with Gasteiger partial charge in [-0.3, -0.25) is 14.5 Å². The van der Waals surface area contributed by atoms with Crippen LogP contribution < -0.4 is 5.73 Å². The van der Waals surface area contributed by atoms with E-state index in [0.29, 0.717) is 38.5 Å². The summed E-state index contributed by atoms with van der Waals surface area (Å²) in [5, 5.41) is 0. The molecule has 0 aromatic rings. The molecule has 22 heavy (non-hydrogen) atoms. The van der Waals surface area contributed by atoms with Crippen LogP contribution in [0.4, 0.5) is 0 Å². The number of ether oxygens (including phenoxy) is 1. The molecule has 6 heteroatoms. The van der Waals surface area contributed by atoms with Gasteiger partial charge in [0.25, 0.3) is 0 Å². The fourth-order valence-corrected chi connectivity index (χ4v) is 3.61. The Hall–Kier alpha value is -1.14. The first-order valence-electron chi connectivity index (χ1n) is 8.38. The molecule has 126 valence electrons. The number of carbonyl (C=O) groups is 2. The molecule has 6 nitrogen and oxygen atoms in total. The highest BCUT2D eigenvalue weighted by Crippen LogP contribution is 2.21. The zero-order valence-electron chi connectivity index (χ0n) is 13.8. The zero-order valence-corrected chi connectivity index (χ0v) is 13.8. The maximum absolute atomic E-state index is 12.5. The number of rotatable bonds is 4. The third kappa shape index (κ3) is 4.20. The smallest absolute Gasteiger partial charge is 0.308 e. The monoisotopic (exact) mass is 311 g/mol. The highest BCUT2D eigenvalue weighted by Gasteiger charge is 2.31. The van der Waals surface area contributed by atoms with Crippen molar-refractivity contribution in [3.8, 4) is 0 Å². The van der Waals surface area contributed by atoms with Crippen LogP contribution in [0.5, 0.6) is 0 Å². The van der Waals surface area contributed by atoms with Crippen molar-refractivity contribution in [1.29, 1.82) is 0 Å². The minimum atomic E-state index is -0.153. The van der Waals surface area contributed by atoms with Gasteiger partial charge in [0, 0.05) is 25.2 Å². The Labute approximate surface area is 132 Å². The molecule has 2 N–H and O–H groups in total. The zero-order chi connectivity index (χ0) is 16.1. The van der Waals surface area contributed by atoms with E-state index in [0.717, 1.165) is 19.4 Å². The van der Waals surface area contributed by atoms with Crippen LogP contribution in [0.2, 0.25) is 0 Å². The van der Waals surface area contributed by atoms with Crippen LogP contribution >= 0.6 is 0 Å². The van der Waals surface area contributed by atoms with Gasteiger partial charge in [0.2, 0.25) is 5.91 Å². The van der Waals surface area contributed by atoms with Crippen molar-refractivity contribution < 1.29 is 14.3 Å². The van der Waals surface area contributed by atoms with Gasteiger partial charge in [0.1, 0.15) is 0 Å². The van der Waals surface area contributed by atoms with E-state index in [1.807, 2.05) is 11.8 Å². The average Bonchev–Trinajstić information content (AvgIpc) is 2.54. The molecule has 2 saturated heterocycles. The number of amides is 1. The number of hydrogen-bond donors (Lipinski definition) is 1. The second-order valence-electron chi connectivity index (χ2n) is 6.57. The van der Waals surface area contributed by atoms with Gasteiger partial charge in [-0.1, -0.05) is 6.42 Å². The molecule has 1 amide bonds. The van der Waals surface area contributed by atoms with Crippen molar-refractivity contribution in [2.75, 3.05) is 33.3 Å². The molecule has 0 spiro atoms. The Morgan fingerprint density at radius 1 is 1.18 bits per heavy atom. The first-order chi connectivity index (χ1) is 10.5. The number of piperidine rings is 2. The Kier molecular flexibility index (Phi) is 6.20. The molecule has 0 aliphatic carbocycles. The van der Waals surface area contributed by atoms with E-state index in [1.54, 1.807) is 0 Å². The minimum absolute atomic E-state index is 0.0548. The quantitative estimate of drug-likeness (QED) is 0.770. The average molecular weight is 311 g/mol. The van der Waals surface area contributed by atoms with E-state index >= 15 is 0 Å². The summed E-state index contributed by atoms with van der Waals surface area (Å²) < 4.78 is 4.78. The second kappa shape index (κ2) is 7.92. The predicted octanol–water partition coefficient (Wildman–Crippen LogP) is 0.600. The number of carbonyl (C=O) groups excluding carboxylic acids is 2. The van der Waals surface area contributed by atoms with Crippen molar-refractivity contribution >= 4 is 11.9 Å². The summed E-state index contributed by atoms with van der Waals surface area (Å²) >= 11 is 0. The van der Waals surface area contributed by atoms with Gasteiger partial charge < -0.3 is 15.4 Å². The summed E-state index contributed by atoms with van der Waals surface area (Å²) in [7, 11) is 1.42. The number of nitrogens with two attached hydrogens (primary N) is 1. The summed E-state index contributed by atoms with van der Waals surface area (Å²) in [6, 6.07) is 0.406. The largest absolute Gasteiger partial charge is 0.469 e. The van der Waals surface area contributed by atoms with E-state index in [2.05, 4.69) is 4.90 Å². The highest BCUT2D eigenvalue weighted by atomic mass is 16.5. The normalized spacial score (nSPS) is 25.8. The SMILES string of the molecule is COC(=O)C1CCN(C(=O)CN2CCCCC2C(C)N)CC1. The van der Waals surface area contributed by atoms with Gasteiger partial charge in [-0.15, -0.1) is 0 Å². The van der Waals surface area contributed by atoms with Crippen molar-refractivity contribution in [2.24, 2.45) is 11.7 Å². The summed E-state index contributed by atoms with van der Waals surface area (Å²) in [4.78, 5) is 28.2. The number of likely N-dealkylation sites (tertiary alicyclic amines) is 2. The van der Waals surface area contributed by atoms with Crippen LogP contribution in [0.15, 0.2) is 0 Å². The van der Waals surface area contributed by atoms with Crippen LogP contribution in [-0.4, -0.2) is 67.0 Å². The maximum atomic E-state index is 12.5. The number of nitrogens with zero attached hydrogens (tertiary/aromatic N) is 2. The van der Waals surface area contributed by atoms with Crippen molar-refractivity contribution in [2.45, 2.75) is 51.1 Å². The first-order valence-corrected chi connectivity index (χ1v) is 8.38. The number of esters is 1. The van der Waals surface area contributed by atoms with E-state index in [9.17, 15) is 9.59 Å². The van der Waals surface area contributed by atoms with Crippen LogP contribution in [-0.2, 0) is 14.3 Å². The lowest BCUT2D eigenvalue weighted by atomic mass is 9.96. The Morgan fingerprint density at radius 2 is 1.86 bits per heavy atom. The molecule has 2 unspecified atom stereocenters. The van der Waals surface area contributed by atoms with Gasteiger partial charge >= 0.3 is 5.97 Å². The lowest BCUT2D eigenvalue weighted by Crippen LogP contribution is -2.53. The van der Waals surface area contributed by atoms with Gasteiger partial charge in [-0.2, -0.15) is 0 Å². The lowest BCUT2D eigenvalue weighted by Gasteiger charge is -2.39. The van der Waals surface area contributed by atoms with Crippen molar-refractivity contribution in [1.82, 2.24) is 9.80 Å². The predicted molar refractivity (Wildman–Crippen MR) is 84.2 cm³/mol. The van der Waals surface area contributed by atoms with E-state index in [-0.39, 0.29) is 23.8 Å². The molecule has 2 aliphatic heterocycles. The standard InChI is InChI=1S/C16H29N3O3/c1-12(17)14-5-3-4-8-19(14)11-15(20)18-9-6-13(7-10-18)16(21)22-2/h12-14H,3-11,17H2,1-2H3. The Balaban J connectivity index is 1.83. The number of methoxy groups -OCH3 is 1. The van der Waals surface area contributed by atoms with Crippen LogP contribution in [0.25, 0.3) is 0 Å². The molecule has 2 rings (SSSR count). The number of hydrogen-bond acceptors (Lipinski definition) is 5. The first kappa shape index (κ1) is 17.2. The third-order valence-corrected chi connectivity index (χ3v) is 4.99. The molecule has 0 aromatic carbocycles. The maximum Gasteiger partial charge on any atom is 0.308 e.